The van der Waals surface area contributed by atoms with Crippen LogP contribution in [0.2, 0.25) is 0 Å². The first-order valence-corrected chi connectivity index (χ1v) is 12.4. The van der Waals surface area contributed by atoms with Crippen molar-refractivity contribution < 1.29 is 8.42 Å². The molecule has 0 amide bonds. The van der Waals surface area contributed by atoms with E-state index in [-0.39, 0.29) is 4.90 Å². The van der Waals surface area contributed by atoms with Crippen molar-refractivity contribution in [1.82, 2.24) is 9.29 Å². The molecule has 4 aromatic rings. The van der Waals surface area contributed by atoms with Gasteiger partial charge in [-0.3, -0.25) is 0 Å². The Morgan fingerprint density at radius 3 is 2.30 bits per heavy atom. The van der Waals surface area contributed by atoms with Crippen molar-refractivity contribution in [2.24, 2.45) is 0 Å². The number of anilines is 1. The molecular formula is C26H21N3O2S2. The van der Waals surface area contributed by atoms with Gasteiger partial charge in [-0.15, -0.1) is 17.8 Å². The van der Waals surface area contributed by atoms with E-state index in [1.807, 2.05) is 42.5 Å². The molecule has 0 aliphatic rings. The van der Waals surface area contributed by atoms with Gasteiger partial charge in [-0.2, -0.15) is 0 Å². The Kier molecular flexibility index (Phi) is 6.37. The number of nitrogens with zero attached hydrogens (tertiary/aromatic N) is 3. The van der Waals surface area contributed by atoms with Crippen LogP contribution >= 0.6 is 11.3 Å². The number of aromatic nitrogens is 1. The van der Waals surface area contributed by atoms with Crippen LogP contribution in [0.4, 0.5) is 5.69 Å². The summed E-state index contributed by atoms with van der Waals surface area (Å²) in [6.07, 6.45) is 10.8. The van der Waals surface area contributed by atoms with E-state index in [1.54, 1.807) is 35.6 Å². The molecule has 164 valence electrons. The average molecular weight is 472 g/mol. The predicted octanol–water partition coefficient (Wildman–Crippen LogP) is 4.81. The normalized spacial score (nSPS) is 11.0. The third-order valence-corrected chi connectivity index (χ3v) is 7.97. The SMILES string of the molecule is C#CCN(Cc1ccc(S(=O)(=O)N(C)C#C)cc1)c1ccc(-c2nc3ccccc3s2)cc1. The van der Waals surface area contributed by atoms with Gasteiger partial charge in [-0.05, 0) is 54.1 Å². The number of sulfonamides is 1. The monoisotopic (exact) mass is 471 g/mol. The van der Waals surface area contributed by atoms with Crippen LogP contribution in [0.1, 0.15) is 5.56 Å². The van der Waals surface area contributed by atoms with Gasteiger partial charge in [0, 0.05) is 30.9 Å². The van der Waals surface area contributed by atoms with Crippen molar-refractivity contribution in [3.05, 3.63) is 78.4 Å². The quantitative estimate of drug-likeness (QED) is 0.287. The number of hydrogen-bond acceptors (Lipinski definition) is 5. The summed E-state index contributed by atoms with van der Waals surface area (Å²) in [5.41, 5.74) is 3.95. The zero-order valence-electron chi connectivity index (χ0n) is 18.0. The average Bonchev–Trinajstić information content (AvgIpc) is 3.28. The fourth-order valence-electron chi connectivity index (χ4n) is 3.37. The number of rotatable bonds is 7. The fourth-order valence-corrected chi connectivity index (χ4v) is 5.28. The Morgan fingerprint density at radius 1 is 0.970 bits per heavy atom. The summed E-state index contributed by atoms with van der Waals surface area (Å²) < 4.78 is 26.8. The fraction of sp³-hybridized carbons (Fsp3) is 0.115. The van der Waals surface area contributed by atoms with Crippen LogP contribution in [0.15, 0.2) is 77.7 Å². The van der Waals surface area contributed by atoms with Gasteiger partial charge in [0.2, 0.25) is 0 Å². The van der Waals surface area contributed by atoms with Crippen molar-refractivity contribution >= 4 is 37.3 Å². The summed E-state index contributed by atoms with van der Waals surface area (Å²) >= 11 is 1.66. The molecule has 3 aromatic carbocycles. The summed E-state index contributed by atoms with van der Waals surface area (Å²) in [7, 11) is -2.35. The standard InChI is InChI=1S/C26H21N3O2S2/c1-4-18-29(19-20-10-16-23(17-11-20)33(30,31)28(3)5-2)22-14-12-21(13-15-22)26-27-24-8-6-7-9-25(24)32-26/h1-2,6-17H,18-19H2,3H3. The van der Waals surface area contributed by atoms with Crippen LogP contribution in [0.3, 0.4) is 0 Å². The summed E-state index contributed by atoms with van der Waals surface area (Å²) in [4.78, 5) is 6.92. The van der Waals surface area contributed by atoms with Crippen molar-refractivity contribution in [1.29, 1.82) is 0 Å². The third kappa shape index (κ3) is 4.70. The molecule has 0 atom stereocenters. The smallest absolute Gasteiger partial charge is 0.270 e. The van der Waals surface area contributed by atoms with Gasteiger partial charge in [0.1, 0.15) is 5.01 Å². The van der Waals surface area contributed by atoms with Gasteiger partial charge >= 0.3 is 0 Å². The Labute approximate surface area is 198 Å². The van der Waals surface area contributed by atoms with Crippen LogP contribution in [-0.4, -0.2) is 31.3 Å². The van der Waals surface area contributed by atoms with Crippen molar-refractivity contribution in [2.75, 3.05) is 18.5 Å². The number of benzene rings is 3. The number of thiazole rings is 1. The first-order valence-electron chi connectivity index (χ1n) is 10.1. The van der Waals surface area contributed by atoms with Gasteiger partial charge < -0.3 is 4.90 Å². The highest BCUT2D eigenvalue weighted by molar-refractivity contribution is 7.89. The lowest BCUT2D eigenvalue weighted by atomic mass is 10.1. The molecule has 0 radical (unpaired) electrons. The molecule has 0 saturated heterocycles. The maximum Gasteiger partial charge on any atom is 0.270 e. The number of fused-ring (bicyclic) bond motifs is 1. The van der Waals surface area contributed by atoms with Crippen molar-refractivity contribution in [3.63, 3.8) is 0 Å². The Bertz CT molecular complexity index is 1430. The van der Waals surface area contributed by atoms with E-state index in [2.05, 4.69) is 22.9 Å². The molecular weight excluding hydrogens is 450 g/mol. The maximum atomic E-state index is 12.4. The molecule has 0 N–H and O–H groups in total. The molecule has 1 heterocycles. The van der Waals surface area contributed by atoms with E-state index in [0.717, 1.165) is 36.3 Å². The summed E-state index contributed by atoms with van der Waals surface area (Å²) in [6, 6.07) is 25.0. The first kappa shape index (κ1) is 22.4. The molecule has 0 spiro atoms. The zero-order valence-corrected chi connectivity index (χ0v) is 19.6. The lowest BCUT2D eigenvalue weighted by Crippen LogP contribution is -2.23. The van der Waals surface area contributed by atoms with Gasteiger partial charge in [-0.25, -0.2) is 17.7 Å². The summed E-state index contributed by atoms with van der Waals surface area (Å²) in [6.45, 7) is 0.955. The number of hydrogen-bond donors (Lipinski definition) is 0. The van der Waals surface area contributed by atoms with Gasteiger partial charge in [0.15, 0.2) is 0 Å². The Morgan fingerprint density at radius 2 is 1.67 bits per heavy atom. The van der Waals surface area contributed by atoms with Gasteiger partial charge in [-0.1, -0.05) is 36.6 Å². The molecule has 33 heavy (non-hydrogen) atoms. The summed E-state index contributed by atoms with van der Waals surface area (Å²) in [5, 5.41) is 0.972. The van der Waals surface area contributed by atoms with Gasteiger partial charge in [0.05, 0.1) is 21.7 Å². The predicted molar refractivity (Wildman–Crippen MR) is 135 cm³/mol. The second kappa shape index (κ2) is 9.38. The molecule has 4 rings (SSSR count). The highest BCUT2D eigenvalue weighted by Gasteiger charge is 2.18. The lowest BCUT2D eigenvalue weighted by molar-refractivity contribution is 0.547. The molecule has 5 nitrogen and oxygen atoms in total. The molecule has 0 bridgehead atoms. The second-order valence-corrected chi connectivity index (χ2v) is 10.3. The number of terminal acetylenes is 2. The third-order valence-electron chi connectivity index (χ3n) is 5.19. The Hall–Kier alpha value is -3.78. The molecule has 0 aliphatic carbocycles. The molecule has 0 saturated carbocycles. The van der Waals surface area contributed by atoms with Crippen LogP contribution in [0, 0.1) is 24.8 Å². The van der Waals surface area contributed by atoms with Crippen molar-refractivity contribution in [3.8, 4) is 35.4 Å². The second-order valence-electron chi connectivity index (χ2n) is 7.34. The van der Waals surface area contributed by atoms with E-state index in [0.29, 0.717) is 13.1 Å². The maximum absolute atomic E-state index is 12.4. The van der Waals surface area contributed by atoms with E-state index in [1.165, 1.54) is 7.05 Å². The number of para-hydroxylation sites is 1. The minimum absolute atomic E-state index is 0.149. The highest BCUT2D eigenvalue weighted by Crippen LogP contribution is 2.31. The minimum atomic E-state index is -3.69. The van der Waals surface area contributed by atoms with E-state index >= 15 is 0 Å². The molecule has 7 heteroatoms. The zero-order chi connectivity index (χ0) is 23.4. The highest BCUT2D eigenvalue weighted by atomic mass is 32.2. The lowest BCUT2D eigenvalue weighted by Gasteiger charge is -2.23. The van der Waals surface area contributed by atoms with Gasteiger partial charge in [0.25, 0.3) is 10.0 Å². The summed E-state index contributed by atoms with van der Waals surface area (Å²) in [5.74, 6) is 2.70. The van der Waals surface area contributed by atoms with Crippen LogP contribution in [-0.2, 0) is 16.6 Å². The van der Waals surface area contributed by atoms with Crippen LogP contribution < -0.4 is 4.90 Å². The molecule has 0 aliphatic heterocycles. The van der Waals surface area contributed by atoms with Crippen molar-refractivity contribution in [2.45, 2.75) is 11.4 Å². The molecule has 0 fully saturated rings. The van der Waals surface area contributed by atoms with E-state index < -0.39 is 10.0 Å². The molecule has 1 aromatic heterocycles. The largest absolute Gasteiger partial charge is 0.356 e. The first-order chi connectivity index (χ1) is 15.9. The minimum Gasteiger partial charge on any atom is -0.356 e. The van der Waals surface area contributed by atoms with E-state index in [4.69, 9.17) is 17.8 Å². The van der Waals surface area contributed by atoms with Crippen LogP contribution in [0.5, 0.6) is 0 Å². The van der Waals surface area contributed by atoms with Crippen LogP contribution in [0.25, 0.3) is 20.8 Å². The topological polar surface area (TPSA) is 53.5 Å². The molecule has 0 unspecified atom stereocenters. The Balaban J connectivity index is 1.54. The van der Waals surface area contributed by atoms with E-state index in [9.17, 15) is 8.42 Å².